The molecule has 0 fully saturated rings. The molecular weight excluding hydrogens is 243 g/mol. The standard InChI is InChI=1S/C11H13FN2O4/c1-6-2-3-7(12)4-8(6)13-11(18)14-9(5-15)10(16)17/h2-4,9,15H,5H2,1H3,(H,16,17)(H2,13,14,18)/t9-/m1/s1. The van der Waals surface area contributed by atoms with Crippen molar-refractivity contribution in [2.45, 2.75) is 13.0 Å². The predicted octanol–water partition coefficient (Wildman–Crippen LogP) is 0.701. The Morgan fingerprint density at radius 3 is 2.67 bits per heavy atom. The Hall–Kier alpha value is -2.15. The van der Waals surface area contributed by atoms with Gasteiger partial charge in [0, 0.05) is 5.69 Å². The van der Waals surface area contributed by atoms with Gasteiger partial charge in [0.2, 0.25) is 0 Å². The minimum Gasteiger partial charge on any atom is -0.480 e. The lowest BCUT2D eigenvalue weighted by Crippen LogP contribution is -2.45. The molecule has 1 aromatic carbocycles. The third-order valence-corrected chi connectivity index (χ3v) is 2.23. The first-order valence-electron chi connectivity index (χ1n) is 5.11. The van der Waals surface area contributed by atoms with Crippen LogP contribution in [0.4, 0.5) is 14.9 Å². The van der Waals surface area contributed by atoms with Gasteiger partial charge in [-0.2, -0.15) is 0 Å². The number of benzene rings is 1. The zero-order chi connectivity index (χ0) is 13.7. The summed E-state index contributed by atoms with van der Waals surface area (Å²) in [5.41, 5.74) is 0.858. The molecule has 0 aliphatic carbocycles. The van der Waals surface area contributed by atoms with Crippen molar-refractivity contribution in [1.82, 2.24) is 5.32 Å². The summed E-state index contributed by atoms with van der Waals surface area (Å²) in [7, 11) is 0. The minimum absolute atomic E-state index is 0.231. The summed E-state index contributed by atoms with van der Waals surface area (Å²) in [4.78, 5) is 22.0. The Bertz CT molecular complexity index is 464. The quantitative estimate of drug-likeness (QED) is 0.637. The van der Waals surface area contributed by atoms with Gasteiger partial charge in [0.1, 0.15) is 5.82 Å². The van der Waals surface area contributed by atoms with Gasteiger partial charge in [0.15, 0.2) is 6.04 Å². The van der Waals surface area contributed by atoms with E-state index in [-0.39, 0.29) is 5.69 Å². The number of nitrogens with one attached hydrogen (secondary N) is 2. The molecular formula is C11H13FN2O4. The Balaban J connectivity index is 2.70. The van der Waals surface area contributed by atoms with Gasteiger partial charge in [-0.15, -0.1) is 0 Å². The van der Waals surface area contributed by atoms with Crippen molar-refractivity contribution in [3.05, 3.63) is 29.6 Å². The summed E-state index contributed by atoms with van der Waals surface area (Å²) in [5, 5.41) is 21.7. The smallest absolute Gasteiger partial charge is 0.328 e. The van der Waals surface area contributed by atoms with Crippen LogP contribution in [0.5, 0.6) is 0 Å². The molecule has 0 radical (unpaired) electrons. The van der Waals surface area contributed by atoms with Crippen molar-refractivity contribution < 1.29 is 24.2 Å². The largest absolute Gasteiger partial charge is 0.480 e. The SMILES string of the molecule is Cc1ccc(F)cc1NC(=O)N[C@H](CO)C(=O)O. The first-order valence-corrected chi connectivity index (χ1v) is 5.11. The normalized spacial score (nSPS) is 11.7. The summed E-state index contributed by atoms with van der Waals surface area (Å²) < 4.78 is 12.9. The number of aliphatic hydroxyl groups excluding tert-OH is 1. The van der Waals surface area contributed by atoms with E-state index in [9.17, 15) is 14.0 Å². The van der Waals surface area contributed by atoms with Crippen molar-refractivity contribution >= 4 is 17.7 Å². The van der Waals surface area contributed by atoms with E-state index in [0.717, 1.165) is 6.07 Å². The molecule has 0 aliphatic heterocycles. The number of hydrogen-bond acceptors (Lipinski definition) is 3. The van der Waals surface area contributed by atoms with Gasteiger partial charge in [-0.3, -0.25) is 0 Å². The highest BCUT2D eigenvalue weighted by Gasteiger charge is 2.18. The van der Waals surface area contributed by atoms with E-state index in [0.29, 0.717) is 5.56 Å². The Morgan fingerprint density at radius 1 is 1.44 bits per heavy atom. The van der Waals surface area contributed by atoms with Crippen molar-refractivity contribution in [2.75, 3.05) is 11.9 Å². The second-order valence-corrected chi connectivity index (χ2v) is 3.63. The highest BCUT2D eigenvalue weighted by atomic mass is 19.1. The van der Waals surface area contributed by atoms with Crippen molar-refractivity contribution in [2.24, 2.45) is 0 Å². The first kappa shape index (κ1) is 13.9. The van der Waals surface area contributed by atoms with Crippen molar-refractivity contribution in [3.63, 3.8) is 0 Å². The molecule has 2 amide bonds. The molecule has 0 spiro atoms. The van der Waals surface area contributed by atoms with Crippen LogP contribution in [0.25, 0.3) is 0 Å². The molecule has 98 valence electrons. The molecule has 1 rings (SSSR count). The predicted molar refractivity (Wildman–Crippen MR) is 61.8 cm³/mol. The summed E-state index contributed by atoms with van der Waals surface area (Å²) in [6.07, 6.45) is 0. The number of carbonyl (C=O) groups is 2. The molecule has 7 heteroatoms. The van der Waals surface area contributed by atoms with Crippen LogP contribution in [0.3, 0.4) is 0 Å². The second kappa shape index (κ2) is 5.97. The second-order valence-electron chi connectivity index (χ2n) is 3.63. The van der Waals surface area contributed by atoms with E-state index in [2.05, 4.69) is 5.32 Å². The number of aryl methyl sites for hydroxylation is 1. The number of hydrogen-bond donors (Lipinski definition) is 4. The summed E-state index contributed by atoms with van der Waals surface area (Å²) >= 11 is 0. The van der Waals surface area contributed by atoms with Gasteiger partial charge < -0.3 is 20.8 Å². The van der Waals surface area contributed by atoms with Crippen LogP contribution in [0.1, 0.15) is 5.56 Å². The third kappa shape index (κ3) is 3.70. The molecule has 0 unspecified atom stereocenters. The molecule has 0 saturated heterocycles. The fraction of sp³-hybridized carbons (Fsp3) is 0.273. The van der Waals surface area contributed by atoms with E-state index in [1.165, 1.54) is 12.1 Å². The monoisotopic (exact) mass is 256 g/mol. The number of carboxylic acids is 1. The number of carbonyl (C=O) groups excluding carboxylic acids is 1. The molecule has 1 aromatic rings. The Morgan fingerprint density at radius 2 is 2.11 bits per heavy atom. The maximum absolute atomic E-state index is 12.9. The topological polar surface area (TPSA) is 98.7 Å². The van der Waals surface area contributed by atoms with Crippen LogP contribution < -0.4 is 10.6 Å². The van der Waals surface area contributed by atoms with Crippen molar-refractivity contribution in [1.29, 1.82) is 0 Å². The number of rotatable bonds is 4. The first-order chi connectivity index (χ1) is 8.43. The summed E-state index contributed by atoms with van der Waals surface area (Å²) in [5.74, 6) is -1.88. The van der Waals surface area contributed by atoms with E-state index < -0.39 is 30.5 Å². The Kier molecular flexibility index (Phi) is 4.61. The fourth-order valence-electron chi connectivity index (χ4n) is 1.23. The van der Waals surface area contributed by atoms with E-state index in [1.807, 2.05) is 5.32 Å². The number of amides is 2. The summed E-state index contributed by atoms with van der Waals surface area (Å²) in [6.45, 7) is 0.931. The van der Waals surface area contributed by atoms with Gasteiger partial charge >= 0.3 is 12.0 Å². The molecule has 0 aliphatic rings. The van der Waals surface area contributed by atoms with Gasteiger partial charge in [-0.1, -0.05) is 6.07 Å². The minimum atomic E-state index is -1.40. The molecule has 0 aromatic heterocycles. The summed E-state index contributed by atoms with van der Waals surface area (Å²) in [6, 6.07) is 1.60. The molecule has 6 nitrogen and oxygen atoms in total. The van der Waals surface area contributed by atoms with Gasteiger partial charge in [-0.25, -0.2) is 14.0 Å². The maximum Gasteiger partial charge on any atom is 0.328 e. The number of aliphatic hydroxyl groups is 1. The van der Waals surface area contributed by atoms with Gasteiger partial charge in [0.05, 0.1) is 6.61 Å². The lowest BCUT2D eigenvalue weighted by Gasteiger charge is -2.13. The lowest BCUT2D eigenvalue weighted by atomic mass is 10.2. The maximum atomic E-state index is 12.9. The van der Waals surface area contributed by atoms with Crippen LogP contribution in [0.15, 0.2) is 18.2 Å². The zero-order valence-corrected chi connectivity index (χ0v) is 9.61. The van der Waals surface area contributed by atoms with Gasteiger partial charge in [-0.05, 0) is 24.6 Å². The third-order valence-electron chi connectivity index (χ3n) is 2.23. The van der Waals surface area contributed by atoms with Crippen LogP contribution in [-0.2, 0) is 4.79 Å². The fourth-order valence-corrected chi connectivity index (χ4v) is 1.23. The highest BCUT2D eigenvalue weighted by molar-refractivity contribution is 5.92. The molecule has 0 heterocycles. The number of carboxylic acid groups (broad SMARTS) is 1. The average Bonchev–Trinajstić information content (AvgIpc) is 2.30. The van der Waals surface area contributed by atoms with E-state index >= 15 is 0 Å². The van der Waals surface area contributed by atoms with Crippen LogP contribution in [-0.4, -0.2) is 34.9 Å². The molecule has 0 bridgehead atoms. The molecule has 0 saturated carbocycles. The molecule has 1 atom stereocenters. The van der Waals surface area contributed by atoms with Crippen LogP contribution in [0, 0.1) is 12.7 Å². The van der Waals surface area contributed by atoms with Crippen LogP contribution >= 0.6 is 0 Å². The van der Waals surface area contributed by atoms with E-state index in [4.69, 9.17) is 10.2 Å². The average molecular weight is 256 g/mol. The number of halogens is 1. The van der Waals surface area contributed by atoms with E-state index in [1.54, 1.807) is 6.92 Å². The van der Waals surface area contributed by atoms with Crippen molar-refractivity contribution in [3.8, 4) is 0 Å². The molecule has 18 heavy (non-hydrogen) atoms. The highest BCUT2D eigenvalue weighted by Crippen LogP contribution is 2.15. The van der Waals surface area contributed by atoms with Crippen LogP contribution in [0.2, 0.25) is 0 Å². The zero-order valence-electron chi connectivity index (χ0n) is 9.61. The Labute approximate surface area is 102 Å². The lowest BCUT2D eigenvalue weighted by molar-refractivity contribution is -0.140. The molecule has 4 N–H and O–H groups in total. The number of aliphatic carboxylic acids is 1. The van der Waals surface area contributed by atoms with Gasteiger partial charge in [0.25, 0.3) is 0 Å². The number of anilines is 1. The number of urea groups is 1.